The fourth-order valence-electron chi connectivity index (χ4n) is 2.31. The van der Waals surface area contributed by atoms with E-state index in [0.717, 1.165) is 0 Å². The van der Waals surface area contributed by atoms with Gasteiger partial charge in [0.1, 0.15) is 11.0 Å². The number of aromatic nitrogens is 2. The standard InChI is InChI=1S/2C9H5Cl2NO.Zn/c2*10-6-4-7(11)9(13)8-5(6)2-1-3-12-8;/h2*1-4,13H;. The summed E-state index contributed by atoms with van der Waals surface area (Å²) >= 11 is 23.2. The Morgan fingerprint density at radius 3 is 1.37 bits per heavy atom. The first-order valence-corrected chi connectivity index (χ1v) is 8.74. The average Bonchev–Trinajstić information content (AvgIpc) is 2.65. The molecule has 2 aromatic heterocycles. The molecule has 134 valence electrons. The molecule has 0 spiro atoms. The Hall–Kier alpha value is -1.36. The van der Waals surface area contributed by atoms with Gasteiger partial charge in [-0.1, -0.05) is 46.4 Å². The number of halogens is 4. The Morgan fingerprint density at radius 1 is 0.630 bits per heavy atom. The molecule has 2 N–H and O–H groups in total. The van der Waals surface area contributed by atoms with E-state index in [-0.39, 0.29) is 41.0 Å². The number of rotatable bonds is 0. The van der Waals surface area contributed by atoms with Crippen LogP contribution in [0.15, 0.2) is 48.8 Å². The van der Waals surface area contributed by atoms with E-state index in [1.807, 2.05) is 0 Å². The summed E-state index contributed by atoms with van der Waals surface area (Å²) in [6.07, 6.45) is 3.16. The maximum absolute atomic E-state index is 9.53. The first kappa shape index (κ1) is 21.9. The Labute approximate surface area is 187 Å². The van der Waals surface area contributed by atoms with Crippen LogP contribution < -0.4 is 0 Å². The topological polar surface area (TPSA) is 66.2 Å². The van der Waals surface area contributed by atoms with Crippen molar-refractivity contribution in [3.63, 3.8) is 0 Å². The Kier molecular flexibility index (Phi) is 7.50. The predicted octanol–water partition coefficient (Wildman–Crippen LogP) is 6.49. The number of fused-ring (bicyclic) bond motifs is 2. The molecule has 2 heterocycles. The second kappa shape index (κ2) is 9.23. The molecule has 0 unspecified atom stereocenters. The smallest absolute Gasteiger partial charge is 0.160 e. The molecule has 27 heavy (non-hydrogen) atoms. The van der Waals surface area contributed by atoms with Gasteiger partial charge < -0.3 is 10.2 Å². The minimum atomic E-state index is -0.0262. The number of aromatic hydroxyl groups is 2. The molecule has 0 saturated carbocycles. The maximum Gasteiger partial charge on any atom is 0.160 e. The third-order valence-electron chi connectivity index (χ3n) is 3.54. The summed E-state index contributed by atoms with van der Waals surface area (Å²) in [7, 11) is 0. The van der Waals surface area contributed by atoms with Gasteiger partial charge in [-0.05, 0) is 36.4 Å². The van der Waals surface area contributed by atoms with Crippen molar-refractivity contribution in [2.75, 3.05) is 0 Å². The molecule has 0 bridgehead atoms. The van der Waals surface area contributed by atoms with Gasteiger partial charge in [-0.25, -0.2) is 0 Å². The van der Waals surface area contributed by atoms with Crippen molar-refractivity contribution in [1.29, 1.82) is 0 Å². The average molecular weight is 493 g/mol. The van der Waals surface area contributed by atoms with Crippen molar-refractivity contribution < 1.29 is 29.7 Å². The molecule has 0 fully saturated rings. The largest absolute Gasteiger partial charge is 0.504 e. The molecule has 4 rings (SSSR count). The van der Waals surface area contributed by atoms with Crippen molar-refractivity contribution in [3.05, 3.63) is 68.9 Å². The maximum atomic E-state index is 9.53. The quantitative estimate of drug-likeness (QED) is 0.275. The van der Waals surface area contributed by atoms with E-state index >= 15 is 0 Å². The first-order valence-electron chi connectivity index (χ1n) is 7.23. The van der Waals surface area contributed by atoms with Crippen LogP contribution in [-0.4, -0.2) is 20.2 Å². The Balaban J connectivity index is 0.000000187. The molecule has 0 aliphatic rings. The molecule has 2 aromatic carbocycles. The van der Waals surface area contributed by atoms with E-state index in [9.17, 15) is 10.2 Å². The number of nitrogens with zero attached hydrogens (tertiary/aromatic N) is 2. The summed E-state index contributed by atoms with van der Waals surface area (Å²) in [5.74, 6) is -0.0525. The van der Waals surface area contributed by atoms with Crippen LogP contribution in [0.5, 0.6) is 11.5 Å². The third kappa shape index (κ3) is 4.56. The van der Waals surface area contributed by atoms with Crippen molar-refractivity contribution in [1.82, 2.24) is 9.97 Å². The fourth-order valence-corrected chi connectivity index (χ4v) is 3.35. The summed E-state index contributed by atoms with van der Waals surface area (Å²) in [5.41, 5.74) is 0.861. The molecule has 0 aliphatic heterocycles. The molecule has 4 nitrogen and oxygen atoms in total. The van der Waals surface area contributed by atoms with Crippen molar-refractivity contribution in [2.24, 2.45) is 0 Å². The van der Waals surface area contributed by atoms with Gasteiger partial charge in [0.15, 0.2) is 11.5 Å². The summed E-state index contributed by atoms with van der Waals surface area (Å²) in [4.78, 5) is 7.97. The number of hydrogen-bond donors (Lipinski definition) is 2. The number of pyridine rings is 2. The summed E-state index contributed by atoms with van der Waals surface area (Å²) in [5, 5.41) is 21.9. The molecular weight excluding hydrogens is 483 g/mol. The van der Waals surface area contributed by atoms with E-state index in [2.05, 4.69) is 9.97 Å². The number of phenolic OH excluding ortho intramolecular Hbond substituents is 2. The monoisotopic (exact) mass is 490 g/mol. The molecule has 0 saturated heterocycles. The van der Waals surface area contributed by atoms with Crippen LogP contribution in [0, 0.1) is 0 Å². The van der Waals surface area contributed by atoms with Crippen LogP contribution in [0.2, 0.25) is 20.1 Å². The molecule has 0 aliphatic carbocycles. The Morgan fingerprint density at radius 2 is 1.00 bits per heavy atom. The van der Waals surface area contributed by atoms with Gasteiger partial charge in [0.25, 0.3) is 0 Å². The zero-order chi connectivity index (χ0) is 18.8. The fraction of sp³-hybridized carbons (Fsp3) is 0. The van der Waals surface area contributed by atoms with Gasteiger partial charge in [-0.15, -0.1) is 0 Å². The van der Waals surface area contributed by atoms with E-state index < -0.39 is 0 Å². The normalized spacial score (nSPS) is 10.2. The van der Waals surface area contributed by atoms with E-state index in [0.29, 0.717) is 31.9 Å². The van der Waals surface area contributed by atoms with Crippen molar-refractivity contribution >= 4 is 68.2 Å². The van der Waals surface area contributed by atoms with Crippen LogP contribution in [0.25, 0.3) is 21.8 Å². The van der Waals surface area contributed by atoms with Gasteiger partial charge in [0, 0.05) is 42.6 Å². The van der Waals surface area contributed by atoms with Crippen LogP contribution >= 0.6 is 46.4 Å². The SMILES string of the molecule is Oc1c(Cl)cc(Cl)c2cccnc12.Oc1c(Cl)cc(Cl)c2cccnc12.[Zn]. The summed E-state index contributed by atoms with van der Waals surface area (Å²) in [6, 6.07) is 10.1. The number of benzene rings is 2. The molecule has 0 atom stereocenters. The number of phenols is 2. The molecular formula is C18H10Cl4N2O2Zn. The molecule has 0 radical (unpaired) electrons. The predicted molar refractivity (Wildman–Crippen MR) is 107 cm³/mol. The third-order valence-corrected chi connectivity index (χ3v) is 4.74. The van der Waals surface area contributed by atoms with Crippen LogP contribution in [0.3, 0.4) is 0 Å². The first-order chi connectivity index (χ1) is 12.4. The van der Waals surface area contributed by atoms with Gasteiger partial charge in [0.05, 0.1) is 20.1 Å². The van der Waals surface area contributed by atoms with Crippen LogP contribution in [0.4, 0.5) is 0 Å². The second-order valence-electron chi connectivity index (χ2n) is 5.18. The van der Waals surface area contributed by atoms with Gasteiger partial charge >= 0.3 is 0 Å². The molecule has 4 aromatic rings. The molecule has 9 heteroatoms. The van der Waals surface area contributed by atoms with Crippen LogP contribution in [-0.2, 0) is 19.5 Å². The summed E-state index contributed by atoms with van der Waals surface area (Å²) in [6.45, 7) is 0. The van der Waals surface area contributed by atoms with E-state index in [1.165, 1.54) is 12.1 Å². The zero-order valence-corrected chi connectivity index (χ0v) is 19.6. The second-order valence-corrected chi connectivity index (χ2v) is 6.81. The minimum Gasteiger partial charge on any atom is -0.504 e. The van der Waals surface area contributed by atoms with Crippen molar-refractivity contribution in [3.8, 4) is 11.5 Å². The van der Waals surface area contributed by atoms with Gasteiger partial charge in [-0.3, -0.25) is 9.97 Å². The van der Waals surface area contributed by atoms with Gasteiger partial charge in [0.2, 0.25) is 0 Å². The Bertz CT molecular complexity index is 1040. The van der Waals surface area contributed by atoms with Crippen molar-refractivity contribution in [2.45, 2.75) is 0 Å². The summed E-state index contributed by atoms with van der Waals surface area (Å²) < 4.78 is 0. The molecule has 0 amide bonds. The minimum absolute atomic E-state index is 0. The number of hydrogen-bond acceptors (Lipinski definition) is 4. The van der Waals surface area contributed by atoms with Gasteiger partial charge in [-0.2, -0.15) is 0 Å². The van der Waals surface area contributed by atoms with E-state index in [4.69, 9.17) is 46.4 Å². The van der Waals surface area contributed by atoms with Crippen LogP contribution in [0.1, 0.15) is 0 Å². The van der Waals surface area contributed by atoms with E-state index in [1.54, 1.807) is 36.7 Å². The zero-order valence-electron chi connectivity index (χ0n) is 13.6.